The van der Waals surface area contributed by atoms with Crippen LogP contribution < -0.4 is 5.32 Å². The van der Waals surface area contributed by atoms with Crippen molar-refractivity contribution in [3.63, 3.8) is 0 Å². The van der Waals surface area contributed by atoms with Gasteiger partial charge < -0.3 is 4.74 Å². The number of rotatable bonds is 1. The molecular formula is C7H15NO. The summed E-state index contributed by atoms with van der Waals surface area (Å²) in [4.78, 5) is 0. The van der Waals surface area contributed by atoms with Gasteiger partial charge in [0.05, 0.1) is 0 Å². The predicted molar refractivity (Wildman–Crippen MR) is 37.3 cm³/mol. The normalized spacial score (nSPS) is 29.7. The van der Waals surface area contributed by atoms with Crippen LogP contribution in [0.4, 0.5) is 0 Å². The van der Waals surface area contributed by atoms with Crippen LogP contribution >= 0.6 is 0 Å². The van der Waals surface area contributed by atoms with Crippen LogP contribution in [0.25, 0.3) is 0 Å². The predicted octanol–water partition coefficient (Wildman–Crippen LogP) is 1.12. The number of hydrogen-bond acceptors (Lipinski definition) is 2. The van der Waals surface area contributed by atoms with E-state index in [1.165, 1.54) is 25.7 Å². The third-order valence-corrected chi connectivity index (χ3v) is 1.80. The van der Waals surface area contributed by atoms with Crippen LogP contribution in [0.5, 0.6) is 0 Å². The highest BCUT2D eigenvalue weighted by atomic mass is 16.5. The third kappa shape index (κ3) is 2.33. The number of methoxy groups -OCH3 is 1. The van der Waals surface area contributed by atoms with Gasteiger partial charge in [0, 0.05) is 7.11 Å². The molecule has 1 N–H and O–H groups in total. The van der Waals surface area contributed by atoms with Crippen LogP contribution in [-0.2, 0) is 4.74 Å². The molecule has 1 fully saturated rings. The van der Waals surface area contributed by atoms with Crippen molar-refractivity contribution in [2.45, 2.75) is 31.9 Å². The molecule has 1 rings (SSSR count). The summed E-state index contributed by atoms with van der Waals surface area (Å²) in [6.07, 6.45) is 5.47. The molecule has 2 heteroatoms. The Bertz CT molecular complexity index is 67.3. The average Bonchev–Trinajstić information content (AvgIpc) is 2.13. The van der Waals surface area contributed by atoms with Gasteiger partial charge in [-0.05, 0) is 25.8 Å². The van der Waals surface area contributed by atoms with E-state index in [-0.39, 0.29) is 0 Å². The molecule has 0 aromatic heterocycles. The Morgan fingerprint density at radius 2 is 2.22 bits per heavy atom. The van der Waals surface area contributed by atoms with Crippen molar-refractivity contribution in [1.29, 1.82) is 0 Å². The Hall–Kier alpha value is -0.0800. The van der Waals surface area contributed by atoms with Gasteiger partial charge in [0.25, 0.3) is 0 Å². The first-order valence-corrected chi connectivity index (χ1v) is 3.69. The first-order chi connectivity index (χ1) is 4.43. The highest BCUT2D eigenvalue weighted by Gasteiger charge is 2.08. The van der Waals surface area contributed by atoms with Crippen LogP contribution in [0.3, 0.4) is 0 Å². The first kappa shape index (κ1) is 7.03. The van der Waals surface area contributed by atoms with E-state index in [4.69, 9.17) is 4.74 Å². The molecular weight excluding hydrogens is 114 g/mol. The van der Waals surface area contributed by atoms with Crippen LogP contribution in [-0.4, -0.2) is 19.9 Å². The van der Waals surface area contributed by atoms with Gasteiger partial charge in [0.1, 0.15) is 6.23 Å². The van der Waals surface area contributed by atoms with E-state index in [0.717, 1.165) is 6.54 Å². The zero-order valence-electron chi connectivity index (χ0n) is 6.02. The Balaban J connectivity index is 2.18. The first-order valence-electron chi connectivity index (χ1n) is 3.69. The summed E-state index contributed by atoms with van der Waals surface area (Å²) in [5.74, 6) is 0. The maximum atomic E-state index is 5.16. The molecule has 2 nitrogen and oxygen atoms in total. The van der Waals surface area contributed by atoms with Crippen molar-refractivity contribution in [1.82, 2.24) is 5.32 Å². The van der Waals surface area contributed by atoms with Crippen LogP contribution in [0, 0.1) is 0 Å². The second-order valence-corrected chi connectivity index (χ2v) is 2.53. The average molecular weight is 129 g/mol. The minimum atomic E-state index is 0.326. The lowest BCUT2D eigenvalue weighted by atomic mass is 10.2. The molecule has 9 heavy (non-hydrogen) atoms. The molecule has 1 atom stereocenters. The molecule has 1 heterocycles. The molecule has 54 valence electrons. The van der Waals surface area contributed by atoms with Gasteiger partial charge in [0.15, 0.2) is 0 Å². The van der Waals surface area contributed by atoms with Crippen LogP contribution in [0.1, 0.15) is 25.7 Å². The van der Waals surface area contributed by atoms with Gasteiger partial charge in [-0.3, -0.25) is 5.32 Å². The fraction of sp³-hybridized carbons (Fsp3) is 1.00. The molecule has 0 saturated carbocycles. The zero-order chi connectivity index (χ0) is 6.53. The van der Waals surface area contributed by atoms with E-state index in [0.29, 0.717) is 6.23 Å². The quantitative estimate of drug-likeness (QED) is 0.573. The number of hydrogen-bond donors (Lipinski definition) is 1. The topological polar surface area (TPSA) is 21.3 Å². The maximum absolute atomic E-state index is 5.16. The smallest absolute Gasteiger partial charge is 0.107 e. The second kappa shape index (κ2) is 3.85. The van der Waals surface area contributed by atoms with Gasteiger partial charge in [-0.2, -0.15) is 0 Å². The molecule has 0 aromatic rings. The summed E-state index contributed by atoms with van der Waals surface area (Å²) < 4.78 is 5.16. The summed E-state index contributed by atoms with van der Waals surface area (Å²) in [6.45, 7) is 1.12. The molecule has 0 radical (unpaired) electrons. The van der Waals surface area contributed by atoms with Crippen molar-refractivity contribution >= 4 is 0 Å². The molecule has 0 aliphatic carbocycles. The summed E-state index contributed by atoms with van der Waals surface area (Å²) in [6, 6.07) is 0. The molecule has 0 amide bonds. The summed E-state index contributed by atoms with van der Waals surface area (Å²) in [5, 5.41) is 3.31. The van der Waals surface area contributed by atoms with Gasteiger partial charge in [-0.15, -0.1) is 0 Å². The Morgan fingerprint density at radius 3 is 3.00 bits per heavy atom. The zero-order valence-corrected chi connectivity index (χ0v) is 6.02. The molecule has 0 bridgehead atoms. The fourth-order valence-electron chi connectivity index (χ4n) is 1.20. The number of ether oxygens (including phenoxy) is 1. The van der Waals surface area contributed by atoms with E-state index < -0.39 is 0 Å². The second-order valence-electron chi connectivity index (χ2n) is 2.53. The highest BCUT2D eigenvalue weighted by molar-refractivity contribution is 4.60. The molecule has 1 aliphatic rings. The van der Waals surface area contributed by atoms with Crippen molar-refractivity contribution in [2.24, 2.45) is 0 Å². The van der Waals surface area contributed by atoms with E-state index >= 15 is 0 Å². The van der Waals surface area contributed by atoms with Crippen molar-refractivity contribution in [3.05, 3.63) is 0 Å². The van der Waals surface area contributed by atoms with Crippen molar-refractivity contribution < 1.29 is 4.74 Å². The fourth-order valence-corrected chi connectivity index (χ4v) is 1.20. The lowest BCUT2D eigenvalue weighted by Crippen LogP contribution is -2.29. The lowest BCUT2D eigenvalue weighted by molar-refractivity contribution is 0.0713. The van der Waals surface area contributed by atoms with E-state index in [1.807, 2.05) is 0 Å². The van der Waals surface area contributed by atoms with E-state index in [9.17, 15) is 0 Å². The Kier molecular flexibility index (Phi) is 3.01. The Labute approximate surface area is 56.6 Å². The minimum absolute atomic E-state index is 0.326. The van der Waals surface area contributed by atoms with Crippen molar-refractivity contribution in [3.8, 4) is 0 Å². The number of nitrogens with one attached hydrogen (secondary N) is 1. The van der Waals surface area contributed by atoms with E-state index in [2.05, 4.69) is 5.32 Å². The SMILES string of the molecule is COC1CCCCCN1. The summed E-state index contributed by atoms with van der Waals surface area (Å²) in [5.41, 5.74) is 0. The van der Waals surface area contributed by atoms with Gasteiger partial charge in [-0.1, -0.05) is 6.42 Å². The Morgan fingerprint density at radius 1 is 1.33 bits per heavy atom. The van der Waals surface area contributed by atoms with Gasteiger partial charge in [0.2, 0.25) is 0 Å². The monoisotopic (exact) mass is 129 g/mol. The van der Waals surface area contributed by atoms with Gasteiger partial charge in [-0.25, -0.2) is 0 Å². The van der Waals surface area contributed by atoms with Crippen LogP contribution in [0.2, 0.25) is 0 Å². The lowest BCUT2D eigenvalue weighted by Gasteiger charge is -2.12. The largest absolute Gasteiger partial charge is 0.367 e. The minimum Gasteiger partial charge on any atom is -0.367 e. The standard InChI is InChI=1S/C7H15NO/c1-9-7-5-3-2-4-6-8-7/h7-8H,2-6H2,1H3. The molecule has 0 spiro atoms. The third-order valence-electron chi connectivity index (χ3n) is 1.80. The van der Waals surface area contributed by atoms with Gasteiger partial charge >= 0.3 is 0 Å². The van der Waals surface area contributed by atoms with Crippen molar-refractivity contribution in [2.75, 3.05) is 13.7 Å². The molecule has 0 aromatic carbocycles. The maximum Gasteiger partial charge on any atom is 0.107 e. The van der Waals surface area contributed by atoms with Crippen LogP contribution in [0.15, 0.2) is 0 Å². The highest BCUT2D eigenvalue weighted by Crippen LogP contribution is 2.07. The molecule has 1 saturated heterocycles. The molecule has 1 unspecified atom stereocenters. The summed E-state index contributed by atoms with van der Waals surface area (Å²) >= 11 is 0. The summed E-state index contributed by atoms with van der Waals surface area (Å²) in [7, 11) is 1.77. The van der Waals surface area contributed by atoms with E-state index in [1.54, 1.807) is 7.11 Å². The molecule has 1 aliphatic heterocycles.